The average Bonchev–Trinajstić information content (AvgIpc) is 3.87. The Labute approximate surface area is 362 Å². The van der Waals surface area contributed by atoms with Crippen LogP contribution in [0.2, 0.25) is 0 Å². The Morgan fingerprint density at radius 1 is 0.286 bits per heavy atom. The molecule has 63 heavy (non-hydrogen) atoms. The number of rotatable bonds is 4. The van der Waals surface area contributed by atoms with Crippen LogP contribution in [-0.4, -0.2) is 19.5 Å². The van der Waals surface area contributed by atoms with Crippen molar-refractivity contribution in [3.05, 3.63) is 206 Å². The van der Waals surface area contributed by atoms with Crippen molar-refractivity contribution < 1.29 is 0 Å². The molecule has 0 amide bonds. The first kappa shape index (κ1) is 34.3. The van der Waals surface area contributed by atoms with Gasteiger partial charge in [-0.1, -0.05) is 170 Å². The van der Waals surface area contributed by atoms with E-state index in [4.69, 9.17) is 15.0 Å². The summed E-state index contributed by atoms with van der Waals surface area (Å²) in [6.07, 6.45) is 0. The lowest BCUT2D eigenvalue weighted by atomic mass is 9.96. The van der Waals surface area contributed by atoms with Crippen LogP contribution in [0.3, 0.4) is 0 Å². The highest BCUT2D eigenvalue weighted by Crippen LogP contribution is 2.52. The topological polar surface area (TPSA) is 43.6 Å². The summed E-state index contributed by atoms with van der Waals surface area (Å²) in [6, 6.07) is 74.6. The number of hydrogen-bond acceptors (Lipinski definition) is 3. The van der Waals surface area contributed by atoms with Crippen LogP contribution in [0.5, 0.6) is 0 Å². The first-order valence-electron chi connectivity index (χ1n) is 21.5. The van der Waals surface area contributed by atoms with E-state index in [1.807, 2.05) is 0 Å². The predicted octanol–water partition coefficient (Wildman–Crippen LogP) is 15.4. The largest absolute Gasteiger partial charge is 0.309 e. The van der Waals surface area contributed by atoms with E-state index in [0.29, 0.717) is 17.5 Å². The maximum atomic E-state index is 5.46. The summed E-state index contributed by atoms with van der Waals surface area (Å²) in [5, 5.41) is 14.6. The molecule has 14 rings (SSSR count). The second kappa shape index (κ2) is 13.0. The van der Waals surface area contributed by atoms with Crippen LogP contribution in [-0.2, 0) is 0 Å². The van der Waals surface area contributed by atoms with Crippen molar-refractivity contribution in [2.45, 2.75) is 0 Å². The molecule has 0 spiro atoms. The van der Waals surface area contributed by atoms with Gasteiger partial charge in [0.05, 0.1) is 11.0 Å². The Morgan fingerprint density at radius 2 is 0.810 bits per heavy atom. The summed E-state index contributed by atoms with van der Waals surface area (Å²) in [4.78, 5) is 16.2. The van der Waals surface area contributed by atoms with E-state index >= 15 is 0 Å². The predicted molar refractivity (Wildman–Crippen MR) is 262 cm³/mol. The molecule has 0 atom stereocenters. The van der Waals surface area contributed by atoms with Gasteiger partial charge in [-0.15, -0.1) is 0 Å². The molecule has 13 aromatic rings. The summed E-state index contributed by atoms with van der Waals surface area (Å²) in [6.45, 7) is 0. The van der Waals surface area contributed by atoms with Crippen molar-refractivity contribution in [3.8, 4) is 62.1 Å². The number of aromatic nitrogens is 4. The van der Waals surface area contributed by atoms with Gasteiger partial charge in [-0.25, -0.2) is 15.0 Å². The van der Waals surface area contributed by atoms with Gasteiger partial charge < -0.3 is 4.57 Å². The van der Waals surface area contributed by atoms with Crippen LogP contribution in [0.15, 0.2) is 206 Å². The molecule has 2 heterocycles. The van der Waals surface area contributed by atoms with E-state index in [0.717, 1.165) is 49.7 Å². The van der Waals surface area contributed by atoms with Crippen molar-refractivity contribution in [2.75, 3.05) is 0 Å². The third-order valence-corrected chi connectivity index (χ3v) is 13.3. The average molecular weight is 799 g/mol. The maximum absolute atomic E-state index is 5.46. The molecule has 0 fully saturated rings. The highest BCUT2D eigenvalue weighted by Gasteiger charge is 2.28. The number of benzene rings is 11. The van der Waals surface area contributed by atoms with Gasteiger partial charge in [-0.05, 0) is 107 Å². The smallest absolute Gasteiger partial charge is 0.164 e. The molecule has 1 aliphatic rings. The van der Waals surface area contributed by atoms with Gasteiger partial charge >= 0.3 is 0 Å². The summed E-state index contributed by atoms with van der Waals surface area (Å²) in [5.41, 5.74) is 10.9. The van der Waals surface area contributed by atoms with E-state index < -0.39 is 0 Å². The second-order valence-electron chi connectivity index (χ2n) is 16.8. The Kier molecular flexibility index (Phi) is 7.08. The molecule has 0 unspecified atom stereocenters. The molecular formula is C59H34N4. The van der Waals surface area contributed by atoms with E-state index in [-0.39, 0.29) is 0 Å². The standard InChI is InChI=1S/C59H34N4/c1-3-14-40-31-42(27-23-35(40)11-1)57-60-58(43-28-24-36-12-2-4-15-41(36)32-43)62-59(61-57)50-34-44(33-49-46-20-9-16-38-17-10-21-48(53(38)46)55(49)50)63-51-22-8-7-19-47(51)56-52(63)30-29-39-26-25-37-13-5-6-18-45(37)54(39)56/h1-34H. The van der Waals surface area contributed by atoms with Crippen LogP contribution in [0.25, 0.3) is 138 Å². The zero-order valence-corrected chi connectivity index (χ0v) is 33.9. The molecule has 2 aromatic heterocycles. The minimum atomic E-state index is 0.636. The van der Waals surface area contributed by atoms with Crippen molar-refractivity contribution in [3.63, 3.8) is 0 Å². The number of para-hydroxylation sites is 1. The lowest BCUT2D eigenvalue weighted by molar-refractivity contribution is 1.07. The Bertz CT molecular complexity index is 4000. The molecule has 0 saturated heterocycles. The van der Waals surface area contributed by atoms with Gasteiger partial charge in [0.15, 0.2) is 17.5 Å². The zero-order valence-electron chi connectivity index (χ0n) is 33.9. The molecule has 11 aromatic carbocycles. The molecule has 0 bridgehead atoms. The molecule has 1 aliphatic carbocycles. The highest BCUT2D eigenvalue weighted by molar-refractivity contribution is 6.28. The molecular weight excluding hydrogens is 765 g/mol. The Balaban J connectivity index is 1.10. The zero-order chi connectivity index (χ0) is 41.2. The minimum absolute atomic E-state index is 0.636. The van der Waals surface area contributed by atoms with E-state index in [1.54, 1.807) is 0 Å². The third kappa shape index (κ3) is 5.06. The molecule has 4 nitrogen and oxygen atoms in total. The second-order valence-corrected chi connectivity index (χ2v) is 16.8. The van der Waals surface area contributed by atoms with Gasteiger partial charge in [-0.3, -0.25) is 0 Å². The van der Waals surface area contributed by atoms with Gasteiger partial charge in [0, 0.05) is 38.7 Å². The lowest BCUT2D eigenvalue weighted by Crippen LogP contribution is -2.03. The summed E-state index contributed by atoms with van der Waals surface area (Å²) < 4.78 is 2.45. The normalized spacial score (nSPS) is 12.1. The van der Waals surface area contributed by atoms with Crippen molar-refractivity contribution in [2.24, 2.45) is 0 Å². The van der Waals surface area contributed by atoms with Crippen molar-refractivity contribution in [1.82, 2.24) is 19.5 Å². The van der Waals surface area contributed by atoms with Gasteiger partial charge in [0.2, 0.25) is 0 Å². The minimum Gasteiger partial charge on any atom is -0.309 e. The fourth-order valence-electron chi connectivity index (χ4n) is 10.5. The van der Waals surface area contributed by atoms with Gasteiger partial charge in [0.1, 0.15) is 0 Å². The molecule has 0 aliphatic heterocycles. The molecule has 0 radical (unpaired) electrons. The SMILES string of the molecule is c1ccc2cc(-c3nc(-c4ccc5ccccc5c4)nc(-c4cc(-n5c6ccccc6c6c7c(ccc8ccccc87)ccc65)cc5c4-c4cccc6cccc-5c46)n3)ccc2c1. The maximum Gasteiger partial charge on any atom is 0.164 e. The molecule has 290 valence electrons. The number of hydrogen-bond donors (Lipinski definition) is 0. The van der Waals surface area contributed by atoms with Crippen LogP contribution in [0.1, 0.15) is 0 Å². The summed E-state index contributed by atoms with van der Waals surface area (Å²) in [5.74, 6) is 1.91. The molecule has 0 saturated carbocycles. The fourth-order valence-corrected chi connectivity index (χ4v) is 10.5. The number of fused-ring (bicyclic) bond motifs is 12. The van der Waals surface area contributed by atoms with Gasteiger partial charge in [0.25, 0.3) is 0 Å². The van der Waals surface area contributed by atoms with E-state index in [2.05, 4.69) is 211 Å². The molecule has 4 heteroatoms. The van der Waals surface area contributed by atoms with Crippen LogP contribution >= 0.6 is 0 Å². The first-order valence-corrected chi connectivity index (χ1v) is 21.5. The fraction of sp³-hybridized carbons (Fsp3) is 0. The monoisotopic (exact) mass is 798 g/mol. The van der Waals surface area contributed by atoms with Crippen LogP contribution < -0.4 is 0 Å². The van der Waals surface area contributed by atoms with E-state index in [9.17, 15) is 0 Å². The lowest BCUT2D eigenvalue weighted by Gasteiger charge is -2.17. The van der Waals surface area contributed by atoms with Crippen molar-refractivity contribution >= 4 is 75.7 Å². The Hall–Kier alpha value is -8.47. The quantitative estimate of drug-likeness (QED) is 0.167. The first-order chi connectivity index (χ1) is 31.2. The van der Waals surface area contributed by atoms with Gasteiger partial charge in [-0.2, -0.15) is 0 Å². The third-order valence-electron chi connectivity index (χ3n) is 13.3. The highest BCUT2D eigenvalue weighted by atomic mass is 15.0. The molecule has 0 N–H and O–H groups in total. The van der Waals surface area contributed by atoms with Crippen molar-refractivity contribution in [1.29, 1.82) is 0 Å². The summed E-state index contributed by atoms with van der Waals surface area (Å²) >= 11 is 0. The summed E-state index contributed by atoms with van der Waals surface area (Å²) in [7, 11) is 0. The Morgan fingerprint density at radius 3 is 1.54 bits per heavy atom. The van der Waals surface area contributed by atoms with Crippen LogP contribution in [0.4, 0.5) is 0 Å². The van der Waals surface area contributed by atoms with Crippen LogP contribution in [0, 0.1) is 0 Å². The van der Waals surface area contributed by atoms with E-state index in [1.165, 1.54) is 70.6 Å². The number of nitrogens with zero attached hydrogens (tertiary/aromatic N) is 4.